The van der Waals surface area contributed by atoms with Gasteiger partial charge in [0.15, 0.2) is 5.70 Å². The van der Waals surface area contributed by atoms with Crippen LogP contribution in [0.4, 0.5) is 0 Å². The molecule has 0 aliphatic carbocycles. The zero-order valence-electron chi connectivity index (χ0n) is 11.9. The molecule has 0 spiro atoms. The van der Waals surface area contributed by atoms with E-state index >= 15 is 0 Å². The molecular formula is C15H16BrNO3. The van der Waals surface area contributed by atoms with Gasteiger partial charge in [0, 0.05) is 15.5 Å². The third kappa shape index (κ3) is 3.10. The summed E-state index contributed by atoms with van der Waals surface area (Å²) in [5.74, 6) is 0.674. The normalized spacial score (nSPS) is 17.1. The first-order chi connectivity index (χ1) is 9.31. The van der Waals surface area contributed by atoms with E-state index in [1.807, 2.05) is 39.0 Å². The van der Waals surface area contributed by atoms with Gasteiger partial charge in [0.25, 0.3) is 0 Å². The summed E-state index contributed by atoms with van der Waals surface area (Å²) in [4.78, 5) is 16.1. The van der Waals surface area contributed by atoms with Gasteiger partial charge in [-0.3, -0.25) is 0 Å². The lowest BCUT2D eigenvalue weighted by Crippen LogP contribution is -2.21. The van der Waals surface area contributed by atoms with E-state index in [2.05, 4.69) is 20.9 Å². The number of nitrogens with zero attached hydrogens (tertiary/aromatic N) is 1. The van der Waals surface area contributed by atoms with Crippen molar-refractivity contribution in [2.45, 2.75) is 20.8 Å². The second kappa shape index (κ2) is 5.40. The number of carbonyl (C=O) groups is 1. The molecule has 0 aromatic heterocycles. The number of esters is 1. The summed E-state index contributed by atoms with van der Waals surface area (Å²) in [5.41, 5.74) is 0.756. The fourth-order valence-electron chi connectivity index (χ4n) is 1.70. The highest BCUT2D eigenvalue weighted by atomic mass is 79.9. The molecule has 1 aliphatic rings. The van der Waals surface area contributed by atoms with Crippen LogP contribution in [0.25, 0.3) is 6.08 Å². The second-order valence-electron chi connectivity index (χ2n) is 5.47. The van der Waals surface area contributed by atoms with Crippen LogP contribution in [0.3, 0.4) is 0 Å². The maximum absolute atomic E-state index is 11.9. The number of aliphatic imine (C=N–C) groups is 1. The lowest BCUT2D eigenvalue weighted by atomic mass is 9.97. The largest absolute Gasteiger partial charge is 0.496 e. The van der Waals surface area contributed by atoms with Crippen LogP contribution in [0, 0.1) is 5.41 Å². The van der Waals surface area contributed by atoms with Crippen LogP contribution in [0.15, 0.2) is 33.4 Å². The summed E-state index contributed by atoms with van der Waals surface area (Å²) in [6.45, 7) is 5.84. The first-order valence-corrected chi connectivity index (χ1v) is 6.97. The molecule has 0 unspecified atom stereocenters. The van der Waals surface area contributed by atoms with E-state index in [0.29, 0.717) is 11.6 Å². The molecule has 1 aromatic rings. The van der Waals surface area contributed by atoms with Crippen LogP contribution in [0.5, 0.6) is 5.75 Å². The van der Waals surface area contributed by atoms with E-state index in [-0.39, 0.29) is 11.1 Å². The van der Waals surface area contributed by atoms with Gasteiger partial charge < -0.3 is 9.47 Å². The first-order valence-electron chi connectivity index (χ1n) is 6.18. The number of cyclic esters (lactones) is 1. The van der Waals surface area contributed by atoms with Gasteiger partial charge in [0.2, 0.25) is 5.90 Å². The van der Waals surface area contributed by atoms with Crippen molar-refractivity contribution in [3.63, 3.8) is 0 Å². The van der Waals surface area contributed by atoms with Gasteiger partial charge in [-0.25, -0.2) is 9.79 Å². The summed E-state index contributed by atoms with van der Waals surface area (Å²) in [6.07, 6.45) is 1.67. The summed E-state index contributed by atoms with van der Waals surface area (Å²) in [5, 5.41) is 0. The standard InChI is InChI=1S/C15H16BrNO3/c1-15(2,3)14-17-11(13(18)20-14)8-9-7-10(16)5-6-12(9)19-4/h5-8H,1-4H3/b11-8-. The minimum Gasteiger partial charge on any atom is -0.496 e. The van der Waals surface area contributed by atoms with Crippen molar-refractivity contribution in [1.29, 1.82) is 0 Å². The van der Waals surface area contributed by atoms with E-state index in [9.17, 15) is 4.79 Å². The number of methoxy groups -OCH3 is 1. The zero-order valence-corrected chi connectivity index (χ0v) is 13.4. The Bertz CT molecular complexity index is 612. The highest BCUT2D eigenvalue weighted by molar-refractivity contribution is 9.10. The van der Waals surface area contributed by atoms with Crippen molar-refractivity contribution in [2.75, 3.05) is 7.11 Å². The van der Waals surface area contributed by atoms with Crippen molar-refractivity contribution in [3.8, 4) is 5.75 Å². The van der Waals surface area contributed by atoms with Gasteiger partial charge >= 0.3 is 5.97 Å². The Labute approximate surface area is 126 Å². The fraction of sp³-hybridized carbons (Fsp3) is 0.333. The van der Waals surface area contributed by atoms with Crippen LogP contribution < -0.4 is 4.74 Å². The molecule has 0 amide bonds. The average molecular weight is 338 g/mol. The molecule has 0 N–H and O–H groups in total. The molecule has 106 valence electrons. The van der Waals surface area contributed by atoms with Gasteiger partial charge in [0.05, 0.1) is 7.11 Å². The van der Waals surface area contributed by atoms with E-state index in [1.165, 1.54) is 0 Å². The molecule has 20 heavy (non-hydrogen) atoms. The van der Waals surface area contributed by atoms with Gasteiger partial charge in [0.1, 0.15) is 5.75 Å². The molecule has 0 fully saturated rings. The van der Waals surface area contributed by atoms with Crippen LogP contribution in [-0.4, -0.2) is 19.0 Å². The Morgan fingerprint density at radius 2 is 2.05 bits per heavy atom. The van der Waals surface area contributed by atoms with Crippen molar-refractivity contribution in [2.24, 2.45) is 10.4 Å². The van der Waals surface area contributed by atoms with Crippen LogP contribution >= 0.6 is 15.9 Å². The summed E-state index contributed by atoms with van der Waals surface area (Å²) < 4.78 is 11.4. The lowest BCUT2D eigenvalue weighted by molar-refractivity contribution is -0.130. The summed E-state index contributed by atoms with van der Waals surface area (Å²) in [7, 11) is 1.59. The summed E-state index contributed by atoms with van der Waals surface area (Å²) >= 11 is 3.40. The maximum Gasteiger partial charge on any atom is 0.363 e. The molecule has 0 bridgehead atoms. The quantitative estimate of drug-likeness (QED) is 0.609. The van der Waals surface area contributed by atoms with Gasteiger partial charge in [-0.1, -0.05) is 36.7 Å². The Balaban J connectivity index is 2.43. The molecular weight excluding hydrogens is 322 g/mol. The van der Waals surface area contributed by atoms with Crippen LogP contribution in [0.1, 0.15) is 26.3 Å². The molecule has 0 saturated heterocycles. The molecule has 0 radical (unpaired) electrons. The van der Waals surface area contributed by atoms with Crippen molar-refractivity contribution < 1.29 is 14.3 Å². The number of ether oxygens (including phenoxy) is 2. The predicted octanol–water partition coefficient (Wildman–Crippen LogP) is 3.80. The van der Waals surface area contributed by atoms with Gasteiger partial charge in [-0.2, -0.15) is 0 Å². The minimum atomic E-state index is -0.433. The van der Waals surface area contributed by atoms with Crippen molar-refractivity contribution in [3.05, 3.63) is 33.9 Å². The first kappa shape index (κ1) is 14.8. The Kier molecular flexibility index (Phi) is 3.99. The Morgan fingerprint density at radius 3 is 2.60 bits per heavy atom. The van der Waals surface area contributed by atoms with Gasteiger partial charge in [-0.05, 0) is 24.3 Å². The molecule has 4 nitrogen and oxygen atoms in total. The molecule has 5 heteroatoms. The van der Waals surface area contributed by atoms with Gasteiger partial charge in [-0.15, -0.1) is 0 Å². The average Bonchev–Trinajstić information content (AvgIpc) is 2.71. The number of benzene rings is 1. The monoisotopic (exact) mass is 337 g/mol. The third-order valence-corrected chi connectivity index (χ3v) is 3.24. The van der Waals surface area contributed by atoms with E-state index in [4.69, 9.17) is 9.47 Å². The maximum atomic E-state index is 11.9. The number of halogens is 1. The smallest absolute Gasteiger partial charge is 0.363 e. The Morgan fingerprint density at radius 1 is 1.35 bits per heavy atom. The third-order valence-electron chi connectivity index (χ3n) is 2.75. The predicted molar refractivity (Wildman–Crippen MR) is 81.7 cm³/mol. The second-order valence-corrected chi connectivity index (χ2v) is 6.39. The van der Waals surface area contributed by atoms with Crippen molar-refractivity contribution in [1.82, 2.24) is 0 Å². The number of hydrogen-bond acceptors (Lipinski definition) is 4. The van der Waals surface area contributed by atoms with Crippen molar-refractivity contribution >= 4 is 33.9 Å². The van der Waals surface area contributed by atoms with E-state index in [0.717, 1.165) is 10.0 Å². The molecule has 0 saturated carbocycles. The minimum absolute atomic E-state index is 0.284. The highest BCUT2D eigenvalue weighted by Crippen LogP contribution is 2.29. The van der Waals surface area contributed by atoms with E-state index in [1.54, 1.807) is 13.2 Å². The zero-order chi connectivity index (χ0) is 14.9. The molecule has 1 aliphatic heterocycles. The fourth-order valence-corrected chi connectivity index (χ4v) is 2.07. The van der Waals surface area contributed by atoms with E-state index < -0.39 is 5.97 Å². The molecule has 0 atom stereocenters. The number of hydrogen-bond donors (Lipinski definition) is 0. The summed E-state index contributed by atoms with van der Waals surface area (Å²) in [6, 6.07) is 5.56. The highest BCUT2D eigenvalue weighted by Gasteiger charge is 2.31. The van der Waals surface area contributed by atoms with Crippen LogP contribution in [-0.2, 0) is 9.53 Å². The topological polar surface area (TPSA) is 47.9 Å². The molecule has 2 rings (SSSR count). The molecule has 1 aromatic carbocycles. The Hall–Kier alpha value is -1.62. The molecule has 1 heterocycles. The SMILES string of the molecule is COc1ccc(Br)cc1/C=C1\N=C(C(C)(C)C)OC1=O. The number of rotatable bonds is 2. The lowest BCUT2D eigenvalue weighted by Gasteiger charge is -2.15. The van der Waals surface area contributed by atoms with Crippen LogP contribution in [0.2, 0.25) is 0 Å². The number of carbonyl (C=O) groups excluding carboxylic acids is 1.